The number of benzene rings is 1. The minimum atomic E-state index is -4.39. The number of hydrogen-bond donors (Lipinski definition) is 1. The van der Waals surface area contributed by atoms with Crippen LogP contribution < -0.4 is 0 Å². The van der Waals surface area contributed by atoms with Gasteiger partial charge in [0.15, 0.2) is 0 Å². The van der Waals surface area contributed by atoms with E-state index < -0.39 is 17.7 Å². The van der Waals surface area contributed by atoms with Gasteiger partial charge in [-0.1, -0.05) is 25.5 Å². The third-order valence-electron chi connectivity index (χ3n) is 3.12. The molecule has 0 spiro atoms. The van der Waals surface area contributed by atoms with Gasteiger partial charge in [-0.25, -0.2) is 9.78 Å². The Kier molecular flexibility index (Phi) is 4.85. The topological polar surface area (TPSA) is 50.2 Å². The van der Waals surface area contributed by atoms with Crippen LogP contribution in [0.3, 0.4) is 0 Å². The first-order valence-corrected chi connectivity index (χ1v) is 7.55. The minimum Gasteiger partial charge on any atom is -0.477 e. The van der Waals surface area contributed by atoms with Crippen LogP contribution in [0, 0.1) is 0 Å². The van der Waals surface area contributed by atoms with Gasteiger partial charge in [-0.15, -0.1) is 11.3 Å². The van der Waals surface area contributed by atoms with Crippen molar-refractivity contribution in [3.8, 4) is 10.6 Å². The summed E-state index contributed by atoms with van der Waals surface area (Å²) in [6, 6.07) is 4.58. The lowest BCUT2D eigenvalue weighted by Crippen LogP contribution is -2.03. The van der Waals surface area contributed by atoms with Crippen molar-refractivity contribution in [1.82, 2.24) is 4.98 Å². The standard InChI is InChI=1S/C15H14F3NO2S/c1-2-3-4-11-12(14(20)21)22-13(19-11)9-5-7-10(8-6-9)15(16,17)18/h5-8H,2-4H2,1H3,(H,20,21). The molecule has 2 aromatic rings. The third-order valence-corrected chi connectivity index (χ3v) is 4.25. The number of nitrogens with zero attached hydrogens (tertiary/aromatic N) is 1. The van der Waals surface area contributed by atoms with Crippen LogP contribution in [0.5, 0.6) is 0 Å². The summed E-state index contributed by atoms with van der Waals surface area (Å²) < 4.78 is 37.6. The molecule has 0 aliphatic heterocycles. The van der Waals surface area contributed by atoms with Gasteiger partial charge in [0.05, 0.1) is 11.3 Å². The van der Waals surface area contributed by atoms with Crippen molar-refractivity contribution in [1.29, 1.82) is 0 Å². The first-order valence-electron chi connectivity index (χ1n) is 6.73. The van der Waals surface area contributed by atoms with Crippen LogP contribution in [0.1, 0.15) is 40.7 Å². The second kappa shape index (κ2) is 6.48. The van der Waals surface area contributed by atoms with Gasteiger partial charge in [0.1, 0.15) is 9.88 Å². The van der Waals surface area contributed by atoms with Crippen LogP contribution in [0.15, 0.2) is 24.3 Å². The van der Waals surface area contributed by atoms with Crippen LogP contribution in [0.25, 0.3) is 10.6 Å². The molecule has 1 heterocycles. The number of thiazole rings is 1. The van der Waals surface area contributed by atoms with Crippen molar-refractivity contribution in [3.05, 3.63) is 40.4 Å². The molecule has 118 valence electrons. The summed E-state index contributed by atoms with van der Waals surface area (Å²) in [5.41, 5.74) is 0.245. The number of unbranched alkanes of at least 4 members (excludes halogenated alkanes) is 1. The average Bonchev–Trinajstić information content (AvgIpc) is 2.88. The number of rotatable bonds is 5. The molecule has 1 aromatic carbocycles. The van der Waals surface area contributed by atoms with Crippen LogP contribution in [-0.4, -0.2) is 16.1 Å². The Morgan fingerprint density at radius 2 is 1.91 bits per heavy atom. The van der Waals surface area contributed by atoms with Gasteiger partial charge in [-0.05, 0) is 25.0 Å². The molecule has 0 unspecified atom stereocenters. The van der Waals surface area contributed by atoms with E-state index in [4.69, 9.17) is 0 Å². The lowest BCUT2D eigenvalue weighted by Gasteiger charge is -2.06. The average molecular weight is 329 g/mol. The van der Waals surface area contributed by atoms with E-state index in [0.29, 0.717) is 22.7 Å². The van der Waals surface area contributed by atoms with Crippen molar-refractivity contribution in [3.63, 3.8) is 0 Å². The van der Waals surface area contributed by atoms with E-state index in [0.717, 1.165) is 36.3 Å². The van der Waals surface area contributed by atoms with Crippen molar-refractivity contribution in [2.45, 2.75) is 32.4 Å². The van der Waals surface area contributed by atoms with E-state index in [9.17, 15) is 23.1 Å². The highest BCUT2D eigenvalue weighted by atomic mass is 32.1. The Bertz CT molecular complexity index is 662. The van der Waals surface area contributed by atoms with Gasteiger partial charge >= 0.3 is 12.1 Å². The third kappa shape index (κ3) is 3.65. The Morgan fingerprint density at radius 3 is 2.41 bits per heavy atom. The molecule has 1 N–H and O–H groups in total. The second-order valence-corrected chi connectivity index (χ2v) is 5.78. The van der Waals surface area contributed by atoms with Crippen LogP contribution in [-0.2, 0) is 12.6 Å². The lowest BCUT2D eigenvalue weighted by atomic mass is 10.1. The summed E-state index contributed by atoms with van der Waals surface area (Å²) >= 11 is 0.993. The molecule has 0 atom stereocenters. The van der Waals surface area contributed by atoms with Gasteiger partial charge in [0.2, 0.25) is 0 Å². The fourth-order valence-corrected chi connectivity index (χ4v) is 2.91. The predicted octanol–water partition coefficient (Wildman–Crippen LogP) is 4.87. The summed E-state index contributed by atoms with van der Waals surface area (Å²) in [4.78, 5) is 15.7. The molecular formula is C15H14F3NO2S. The SMILES string of the molecule is CCCCc1nc(-c2ccc(C(F)(F)F)cc2)sc1C(=O)O. The lowest BCUT2D eigenvalue weighted by molar-refractivity contribution is -0.137. The number of aryl methyl sites for hydroxylation is 1. The zero-order valence-electron chi connectivity index (χ0n) is 11.8. The molecule has 2 rings (SSSR count). The molecule has 0 aliphatic carbocycles. The molecule has 0 saturated heterocycles. The first-order chi connectivity index (χ1) is 10.3. The maximum absolute atomic E-state index is 12.5. The van der Waals surface area contributed by atoms with E-state index in [2.05, 4.69) is 4.98 Å². The predicted molar refractivity (Wildman–Crippen MR) is 78.1 cm³/mol. The number of halogens is 3. The number of carboxylic acids is 1. The summed E-state index contributed by atoms with van der Waals surface area (Å²) in [6.45, 7) is 1.99. The zero-order valence-corrected chi connectivity index (χ0v) is 12.6. The zero-order chi connectivity index (χ0) is 16.3. The molecular weight excluding hydrogens is 315 g/mol. The normalized spacial score (nSPS) is 11.6. The molecule has 0 bridgehead atoms. The first kappa shape index (κ1) is 16.5. The summed E-state index contributed by atoms with van der Waals surface area (Å²) in [6.07, 6.45) is -2.11. The number of hydrogen-bond acceptors (Lipinski definition) is 3. The van der Waals surface area contributed by atoms with Gasteiger partial charge in [-0.2, -0.15) is 13.2 Å². The van der Waals surface area contributed by atoms with Gasteiger partial charge in [0, 0.05) is 5.56 Å². The maximum Gasteiger partial charge on any atom is 0.416 e. The number of aromatic nitrogens is 1. The van der Waals surface area contributed by atoms with E-state index >= 15 is 0 Å². The minimum absolute atomic E-state index is 0.156. The highest BCUT2D eigenvalue weighted by Gasteiger charge is 2.30. The van der Waals surface area contributed by atoms with Crippen molar-refractivity contribution >= 4 is 17.3 Å². The van der Waals surface area contributed by atoms with Crippen molar-refractivity contribution < 1.29 is 23.1 Å². The highest BCUT2D eigenvalue weighted by Crippen LogP contribution is 2.33. The monoisotopic (exact) mass is 329 g/mol. The van der Waals surface area contributed by atoms with E-state index in [-0.39, 0.29) is 4.88 Å². The smallest absolute Gasteiger partial charge is 0.416 e. The van der Waals surface area contributed by atoms with Gasteiger partial charge < -0.3 is 5.11 Å². The van der Waals surface area contributed by atoms with Crippen molar-refractivity contribution in [2.75, 3.05) is 0 Å². The van der Waals surface area contributed by atoms with Crippen LogP contribution in [0.4, 0.5) is 13.2 Å². The maximum atomic E-state index is 12.5. The largest absolute Gasteiger partial charge is 0.477 e. The molecule has 1 aromatic heterocycles. The molecule has 0 amide bonds. The molecule has 0 fully saturated rings. The van der Waals surface area contributed by atoms with E-state index in [1.54, 1.807) is 0 Å². The quantitative estimate of drug-likeness (QED) is 0.851. The highest BCUT2D eigenvalue weighted by molar-refractivity contribution is 7.17. The Morgan fingerprint density at radius 1 is 1.27 bits per heavy atom. The number of aromatic carboxylic acids is 1. The summed E-state index contributed by atoms with van der Waals surface area (Å²) in [5, 5.41) is 9.63. The molecule has 0 radical (unpaired) electrons. The van der Waals surface area contributed by atoms with Crippen LogP contribution >= 0.6 is 11.3 Å². The number of alkyl halides is 3. The molecule has 0 aliphatic rings. The fourth-order valence-electron chi connectivity index (χ4n) is 1.96. The van der Waals surface area contributed by atoms with E-state index in [1.165, 1.54) is 12.1 Å². The Labute approximate surface area is 129 Å². The van der Waals surface area contributed by atoms with E-state index in [1.807, 2.05) is 6.92 Å². The van der Waals surface area contributed by atoms with Crippen LogP contribution in [0.2, 0.25) is 0 Å². The summed E-state index contributed by atoms with van der Waals surface area (Å²) in [7, 11) is 0. The van der Waals surface area contributed by atoms with Crippen molar-refractivity contribution in [2.24, 2.45) is 0 Å². The number of carbonyl (C=O) groups is 1. The second-order valence-electron chi connectivity index (χ2n) is 4.78. The number of carboxylic acid groups (broad SMARTS) is 1. The molecule has 22 heavy (non-hydrogen) atoms. The molecule has 7 heteroatoms. The van der Waals surface area contributed by atoms with Gasteiger partial charge in [-0.3, -0.25) is 0 Å². The molecule has 3 nitrogen and oxygen atoms in total. The Balaban J connectivity index is 2.34. The van der Waals surface area contributed by atoms with Gasteiger partial charge in [0.25, 0.3) is 0 Å². The molecule has 0 saturated carbocycles. The Hall–Kier alpha value is -1.89. The fraction of sp³-hybridized carbons (Fsp3) is 0.333. The summed E-state index contributed by atoms with van der Waals surface area (Å²) in [5.74, 6) is -1.05.